The lowest BCUT2D eigenvalue weighted by Gasteiger charge is -2.08. The molecule has 0 saturated heterocycles. The molecule has 0 radical (unpaired) electrons. The maximum atomic E-state index is 4.61. The highest BCUT2D eigenvalue weighted by Crippen LogP contribution is 2.17. The van der Waals surface area contributed by atoms with Crippen molar-refractivity contribution in [3.8, 4) is 0 Å². The lowest BCUT2D eigenvalue weighted by atomic mass is 10.1. The van der Waals surface area contributed by atoms with E-state index in [9.17, 15) is 0 Å². The first-order valence-corrected chi connectivity index (χ1v) is 6.46. The summed E-state index contributed by atoms with van der Waals surface area (Å²) in [6.07, 6.45) is 3.47. The zero-order valence-corrected chi connectivity index (χ0v) is 11.9. The molecule has 0 aliphatic rings. The van der Waals surface area contributed by atoms with E-state index in [1.165, 1.54) is 11.1 Å². The van der Waals surface area contributed by atoms with E-state index >= 15 is 0 Å². The fraction of sp³-hybridized carbons (Fsp3) is 0.312. The fourth-order valence-corrected chi connectivity index (χ4v) is 1.91. The number of hydrogen-bond acceptors (Lipinski definition) is 3. The molecule has 0 saturated carbocycles. The van der Waals surface area contributed by atoms with Crippen molar-refractivity contribution in [1.82, 2.24) is 9.97 Å². The zero-order valence-electron chi connectivity index (χ0n) is 11.9. The van der Waals surface area contributed by atoms with Gasteiger partial charge in [0, 0.05) is 23.2 Å². The van der Waals surface area contributed by atoms with Gasteiger partial charge in [0.15, 0.2) is 0 Å². The van der Waals surface area contributed by atoms with Crippen LogP contribution >= 0.6 is 0 Å². The number of benzene rings is 1. The van der Waals surface area contributed by atoms with Gasteiger partial charge in [0.05, 0.1) is 6.04 Å². The van der Waals surface area contributed by atoms with Crippen LogP contribution < -0.4 is 0 Å². The number of aryl methyl sites for hydroxylation is 3. The van der Waals surface area contributed by atoms with Crippen molar-refractivity contribution in [3.63, 3.8) is 0 Å². The van der Waals surface area contributed by atoms with Crippen LogP contribution in [0.5, 0.6) is 0 Å². The van der Waals surface area contributed by atoms with Gasteiger partial charge in [0.2, 0.25) is 0 Å². The third-order valence-electron chi connectivity index (χ3n) is 3.27. The molecule has 0 aliphatic heterocycles. The molecule has 1 atom stereocenters. The summed E-state index contributed by atoms with van der Waals surface area (Å²) in [5.41, 5.74) is 5.43. The number of hydrogen-bond donors (Lipinski definition) is 0. The average Bonchev–Trinajstić information content (AvgIpc) is 2.38. The van der Waals surface area contributed by atoms with E-state index in [0.717, 1.165) is 17.0 Å². The second-order valence-corrected chi connectivity index (χ2v) is 4.82. The highest BCUT2D eigenvalue weighted by atomic mass is 14.8. The molecular weight excluding hydrogens is 234 g/mol. The predicted octanol–water partition coefficient (Wildman–Crippen LogP) is 3.58. The lowest BCUT2D eigenvalue weighted by molar-refractivity contribution is 0.823. The van der Waals surface area contributed by atoms with E-state index in [1.54, 1.807) is 6.33 Å². The Labute approximate surface area is 114 Å². The van der Waals surface area contributed by atoms with E-state index in [-0.39, 0.29) is 6.04 Å². The molecule has 1 heterocycles. The van der Waals surface area contributed by atoms with Crippen LogP contribution in [-0.2, 0) is 0 Å². The summed E-state index contributed by atoms with van der Waals surface area (Å²) in [6, 6.07) is 8.61. The molecule has 1 aromatic heterocycles. The maximum absolute atomic E-state index is 4.61. The Morgan fingerprint density at radius 2 is 1.58 bits per heavy atom. The quantitative estimate of drug-likeness (QED) is 0.784. The second-order valence-electron chi connectivity index (χ2n) is 4.82. The SMILES string of the molecule is Cc1ccc(C(C)N=Cc2c(C)ncnc2C)cc1. The molecule has 0 N–H and O–H groups in total. The largest absolute Gasteiger partial charge is 0.285 e. The molecule has 1 aromatic carbocycles. The van der Waals surface area contributed by atoms with E-state index in [0.29, 0.717) is 0 Å². The van der Waals surface area contributed by atoms with Crippen molar-refractivity contribution in [2.75, 3.05) is 0 Å². The van der Waals surface area contributed by atoms with Gasteiger partial charge < -0.3 is 0 Å². The zero-order chi connectivity index (χ0) is 13.8. The highest BCUT2D eigenvalue weighted by molar-refractivity contribution is 5.82. The summed E-state index contributed by atoms with van der Waals surface area (Å²) in [4.78, 5) is 13.0. The highest BCUT2D eigenvalue weighted by Gasteiger charge is 2.04. The molecule has 2 rings (SSSR count). The standard InChI is InChI=1S/C16H19N3/c1-11-5-7-15(8-6-11)12(2)17-9-16-13(3)18-10-19-14(16)4/h5-10,12H,1-4H3. The van der Waals surface area contributed by atoms with Gasteiger partial charge in [-0.15, -0.1) is 0 Å². The van der Waals surface area contributed by atoms with Crippen LogP contribution in [0.2, 0.25) is 0 Å². The minimum absolute atomic E-state index is 0.139. The van der Waals surface area contributed by atoms with Gasteiger partial charge in [-0.1, -0.05) is 29.8 Å². The van der Waals surface area contributed by atoms with Crippen molar-refractivity contribution < 1.29 is 0 Å². The Hall–Kier alpha value is -2.03. The average molecular weight is 253 g/mol. The van der Waals surface area contributed by atoms with E-state index in [4.69, 9.17) is 0 Å². The van der Waals surface area contributed by atoms with Crippen LogP contribution in [0.4, 0.5) is 0 Å². The molecule has 0 fully saturated rings. The molecule has 3 nitrogen and oxygen atoms in total. The van der Waals surface area contributed by atoms with Crippen LogP contribution in [0.25, 0.3) is 0 Å². The first-order chi connectivity index (χ1) is 9.08. The van der Waals surface area contributed by atoms with E-state index in [2.05, 4.69) is 53.1 Å². The van der Waals surface area contributed by atoms with Crippen molar-refractivity contribution in [2.24, 2.45) is 4.99 Å². The second kappa shape index (κ2) is 5.74. The summed E-state index contributed by atoms with van der Waals surface area (Å²) in [7, 11) is 0. The predicted molar refractivity (Wildman–Crippen MR) is 78.7 cm³/mol. The Morgan fingerprint density at radius 1 is 1.00 bits per heavy atom. The van der Waals surface area contributed by atoms with Crippen LogP contribution in [0.1, 0.15) is 41.0 Å². The molecular formula is C16H19N3. The summed E-state index contributed by atoms with van der Waals surface area (Å²) in [5.74, 6) is 0. The van der Waals surface area contributed by atoms with Crippen molar-refractivity contribution in [2.45, 2.75) is 33.7 Å². The third-order valence-corrected chi connectivity index (χ3v) is 3.27. The first kappa shape index (κ1) is 13.4. The van der Waals surface area contributed by atoms with Gasteiger partial charge in [-0.25, -0.2) is 9.97 Å². The Balaban J connectivity index is 2.20. The first-order valence-electron chi connectivity index (χ1n) is 6.46. The fourth-order valence-electron chi connectivity index (χ4n) is 1.91. The van der Waals surface area contributed by atoms with Crippen LogP contribution in [-0.4, -0.2) is 16.2 Å². The maximum Gasteiger partial charge on any atom is 0.115 e. The Morgan fingerprint density at radius 3 is 2.16 bits per heavy atom. The van der Waals surface area contributed by atoms with Crippen molar-refractivity contribution in [1.29, 1.82) is 0 Å². The molecule has 19 heavy (non-hydrogen) atoms. The minimum atomic E-state index is 0.139. The van der Waals surface area contributed by atoms with Gasteiger partial charge in [-0.2, -0.15) is 0 Å². The lowest BCUT2D eigenvalue weighted by Crippen LogP contribution is -1.99. The number of aromatic nitrogens is 2. The van der Waals surface area contributed by atoms with Crippen LogP contribution in [0.15, 0.2) is 35.6 Å². The van der Waals surface area contributed by atoms with Gasteiger partial charge >= 0.3 is 0 Å². The molecule has 0 spiro atoms. The molecule has 1 unspecified atom stereocenters. The third kappa shape index (κ3) is 3.25. The summed E-state index contributed by atoms with van der Waals surface area (Å²) >= 11 is 0. The van der Waals surface area contributed by atoms with E-state index in [1.807, 2.05) is 20.1 Å². The smallest absolute Gasteiger partial charge is 0.115 e. The monoisotopic (exact) mass is 253 g/mol. The Kier molecular flexibility index (Phi) is 4.05. The molecule has 0 amide bonds. The summed E-state index contributed by atoms with van der Waals surface area (Å²) < 4.78 is 0. The molecule has 3 heteroatoms. The van der Waals surface area contributed by atoms with Gasteiger partial charge in [0.1, 0.15) is 6.33 Å². The molecule has 0 aliphatic carbocycles. The van der Waals surface area contributed by atoms with Crippen LogP contribution in [0.3, 0.4) is 0 Å². The number of nitrogens with zero attached hydrogens (tertiary/aromatic N) is 3. The Bertz CT molecular complexity index is 565. The van der Waals surface area contributed by atoms with Crippen LogP contribution in [0, 0.1) is 20.8 Å². The normalized spacial score (nSPS) is 12.8. The molecule has 98 valence electrons. The number of aliphatic imine (C=N–C) groups is 1. The minimum Gasteiger partial charge on any atom is -0.285 e. The molecule has 2 aromatic rings. The molecule has 0 bridgehead atoms. The summed E-state index contributed by atoms with van der Waals surface area (Å²) in [6.45, 7) is 8.14. The van der Waals surface area contributed by atoms with Crippen molar-refractivity contribution in [3.05, 3.63) is 58.7 Å². The number of rotatable bonds is 3. The summed E-state index contributed by atoms with van der Waals surface area (Å²) in [5, 5.41) is 0. The van der Waals surface area contributed by atoms with Gasteiger partial charge in [0.25, 0.3) is 0 Å². The van der Waals surface area contributed by atoms with Crippen molar-refractivity contribution >= 4 is 6.21 Å². The van der Waals surface area contributed by atoms with Gasteiger partial charge in [-0.3, -0.25) is 4.99 Å². The van der Waals surface area contributed by atoms with Gasteiger partial charge in [-0.05, 0) is 33.3 Å². The van der Waals surface area contributed by atoms with E-state index < -0.39 is 0 Å². The topological polar surface area (TPSA) is 38.1 Å².